The first-order valence-electron chi connectivity index (χ1n) is 12.5. The second-order valence-electron chi connectivity index (χ2n) is 8.75. The van der Waals surface area contributed by atoms with Gasteiger partial charge >= 0.3 is 5.97 Å². The van der Waals surface area contributed by atoms with Crippen LogP contribution in [0.2, 0.25) is 0 Å². The van der Waals surface area contributed by atoms with E-state index in [0.717, 1.165) is 25.7 Å². The van der Waals surface area contributed by atoms with Crippen molar-refractivity contribution in [1.29, 1.82) is 0 Å². The van der Waals surface area contributed by atoms with Crippen molar-refractivity contribution in [3.8, 4) is 0 Å². The Bertz CT molecular complexity index is 330. The summed E-state index contributed by atoms with van der Waals surface area (Å²) in [6, 6.07) is 0. The topological polar surface area (TPSA) is 57.5 Å². The van der Waals surface area contributed by atoms with Gasteiger partial charge in [-0.05, 0) is 12.8 Å². The lowest BCUT2D eigenvalue weighted by molar-refractivity contribution is -0.146. The van der Waals surface area contributed by atoms with Crippen molar-refractivity contribution >= 4 is 5.97 Å². The summed E-state index contributed by atoms with van der Waals surface area (Å²) in [7, 11) is 0. The van der Waals surface area contributed by atoms with E-state index in [4.69, 9.17) is 0 Å². The predicted octanol–water partition coefficient (Wildman–Crippen LogP) is 7.89. The third-order valence-corrected chi connectivity index (χ3v) is 6.00. The van der Waals surface area contributed by atoms with Gasteiger partial charge in [-0.25, -0.2) is 0 Å². The molecule has 0 amide bonds. The van der Waals surface area contributed by atoms with Crippen LogP contribution < -0.4 is 0 Å². The molecule has 3 heteroatoms. The van der Waals surface area contributed by atoms with Crippen molar-refractivity contribution in [1.82, 2.24) is 0 Å². The molecule has 0 aliphatic heterocycles. The normalized spacial score (nSPS) is 13.5. The number of unbranched alkanes of at least 4 members (excludes halogenated alkanes) is 16. The Morgan fingerprint density at radius 3 is 1.25 bits per heavy atom. The molecule has 2 atom stereocenters. The Labute approximate surface area is 175 Å². The van der Waals surface area contributed by atoms with E-state index in [2.05, 4.69) is 13.8 Å². The second kappa shape index (κ2) is 21.1. The van der Waals surface area contributed by atoms with Gasteiger partial charge in [-0.1, -0.05) is 129 Å². The lowest BCUT2D eigenvalue weighted by atomic mass is 9.91. The number of carbonyl (C=O) groups is 1. The second-order valence-corrected chi connectivity index (χ2v) is 8.75. The first-order chi connectivity index (χ1) is 13.6. The number of rotatable bonds is 22. The van der Waals surface area contributed by atoms with E-state index < -0.39 is 18.0 Å². The van der Waals surface area contributed by atoms with Gasteiger partial charge in [0.15, 0.2) is 0 Å². The van der Waals surface area contributed by atoms with Gasteiger partial charge in [-0.3, -0.25) is 4.79 Å². The third-order valence-electron chi connectivity index (χ3n) is 6.00. The summed E-state index contributed by atoms with van der Waals surface area (Å²) in [6.07, 6.45) is 23.0. The summed E-state index contributed by atoms with van der Waals surface area (Å²) >= 11 is 0. The molecule has 0 aliphatic carbocycles. The molecule has 28 heavy (non-hydrogen) atoms. The Morgan fingerprint density at radius 2 is 0.893 bits per heavy atom. The van der Waals surface area contributed by atoms with E-state index >= 15 is 0 Å². The minimum absolute atomic E-state index is 0.571. The zero-order valence-electron chi connectivity index (χ0n) is 19.1. The number of aliphatic hydroxyl groups is 1. The molecule has 0 aromatic rings. The molecule has 0 aromatic heterocycles. The first-order valence-corrected chi connectivity index (χ1v) is 12.5. The summed E-state index contributed by atoms with van der Waals surface area (Å²) < 4.78 is 0. The largest absolute Gasteiger partial charge is 0.481 e. The molecule has 0 bridgehead atoms. The smallest absolute Gasteiger partial charge is 0.309 e. The van der Waals surface area contributed by atoms with Gasteiger partial charge in [-0.15, -0.1) is 0 Å². The molecule has 0 saturated carbocycles. The van der Waals surface area contributed by atoms with Gasteiger partial charge in [0.05, 0.1) is 12.0 Å². The molecule has 0 saturated heterocycles. The van der Waals surface area contributed by atoms with Crippen molar-refractivity contribution in [2.75, 3.05) is 0 Å². The van der Waals surface area contributed by atoms with Crippen molar-refractivity contribution < 1.29 is 15.0 Å². The van der Waals surface area contributed by atoms with Gasteiger partial charge in [0.25, 0.3) is 0 Å². The van der Waals surface area contributed by atoms with Crippen LogP contribution in [-0.4, -0.2) is 22.3 Å². The van der Waals surface area contributed by atoms with Crippen LogP contribution in [0, 0.1) is 5.92 Å². The van der Waals surface area contributed by atoms with Gasteiger partial charge in [0.2, 0.25) is 0 Å². The highest BCUT2D eigenvalue weighted by Crippen LogP contribution is 2.20. The van der Waals surface area contributed by atoms with Crippen molar-refractivity contribution in [2.45, 2.75) is 148 Å². The van der Waals surface area contributed by atoms with Gasteiger partial charge in [0, 0.05) is 0 Å². The average molecular weight is 399 g/mol. The van der Waals surface area contributed by atoms with E-state index in [0.29, 0.717) is 12.8 Å². The fourth-order valence-electron chi connectivity index (χ4n) is 4.02. The molecule has 0 aliphatic rings. The zero-order valence-corrected chi connectivity index (χ0v) is 19.1. The summed E-state index contributed by atoms with van der Waals surface area (Å²) in [4.78, 5) is 11.5. The zero-order chi connectivity index (χ0) is 20.9. The van der Waals surface area contributed by atoms with Gasteiger partial charge < -0.3 is 10.2 Å². The molecule has 0 radical (unpaired) electrons. The molecule has 3 nitrogen and oxygen atoms in total. The van der Waals surface area contributed by atoms with Crippen molar-refractivity contribution in [3.63, 3.8) is 0 Å². The van der Waals surface area contributed by atoms with Crippen LogP contribution in [0.1, 0.15) is 142 Å². The van der Waals surface area contributed by atoms with Crippen LogP contribution in [0.25, 0.3) is 0 Å². The lowest BCUT2D eigenvalue weighted by Crippen LogP contribution is -2.28. The molecule has 168 valence electrons. The quantitative estimate of drug-likeness (QED) is 0.182. The van der Waals surface area contributed by atoms with E-state index in [1.165, 1.54) is 89.9 Å². The minimum Gasteiger partial charge on any atom is -0.481 e. The molecule has 0 fully saturated rings. The summed E-state index contributed by atoms with van der Waals surface area (Å²) in [5, 5.41) is 19.7. The average Bonchev–Trinajstić information content (AvgIpc) is 2.67. The maximum atomic E-state index is 11.5. The summed E-state index contributed by atoms with van der Waals surface area (Å²) in [5.41, 5.74) is 0. The maximum Gasteiger partial charge on any atom is 0.309 e. The molecule has 0 unspecified atom stereocenters. The van der Waals surface area contributed by atoms with Gasteiger partial charge in [0.1, 0.15) is 0 Å². The molecular formula is C25H50O3. The number of aliphatic hydroxyl groups excluding tert-OH is 1. The highest BCUT2D eigenvalue weighted by Gasteiger charge is 2.25. The highest BCUT2D eigenvalue weighted by atomic mass is 16.4. The molecule has 0 aromatic carbocycles. The fourth-order valence-corrected chi connectivity index (χ4v) is 4.02. The fraction of sp³-hybridized carbons (Fsp3) is 0.960. The number of hydrogen-bond donors (Lipinski definition) is 2. The monoisotopic (exact) mass is 398 g/mol. The molecule has 2 N–H and O–H groups in total. The Balaban J connectivity index is 3.63. The van der Waals surface area contributed by atoms with Crippen LogP contribution in [0.4, 0.5) is 0 Å². The highest BCUT2D eigenvalue weighted by molar-refractivity contribution is 5.70. The van der Waals surface area contributed by atoms with E-state index in [9.17, 15) is 15.0 Å². The summed E-state index contributed by atoms with van der Waals surface area (Å²) in [6.45, 7) is 4.47. The summed E-state index contributed by atoms with van der Waals surface area (Å²) in [5.74, 6) is -1.39. The van der Waals surface area contributed by atoms with E-state index in [-0.39, 0.29) is 0 Å². The third kappa shape index (κ3) is 17.5. The van der Waals surface area contributed by atoms with E-state index in [1.807, 2.05) is 0 Å². The van der Waals surface area contributed by atoms with Crippen LogP contribution >= 0.6 is 0 Å². The Kier molecular flexibility index (Phi) is 20.7. The van der Waals surface area contributed by atoms with Gasteiger partial charge in [-0.2, -0.15) is 0 Å². The molecule has 0 rings (SSSR count). The van der Waals surface area contributed by atoms with Crippen molar-refractivity contribution in [2.24, 2.45) is 5.92 Å². The SMILES string of the molecule is CCCCCCCCCCCCC[C@@H](O)[C@H](CCCCCCCCC)C(=O)O. The maximum absolute atomic E-state index is 11.5. The lowest BCUT2D eigenvalue weighted by Gasteiger charge is -2.19. The minimum atomic E-state index is -0.818. The number of aliphatic carboxylic acids is 1. The Hall–Kier alpha value is -0.570. The molecule has 0 spiro atoms. The number of carboxylic acids is 1. The first kappa shape index (κ1) is 27.4. The molecular weight excluding hydrogens is 348 g/mol. The number of carboxylic acid groups (broad SMARTS) is 1. The van der Waals surface area contributed by atoms with Crippen molar-refractivity contribution in [3.05, 3.63) is 0 Å². The van der Waals surface area contributed by atoms with Crippen LogP contribution in [0.15, 0.2) is 0 Å². The van der Waals surface area contributed by atoms with Crippen LogP contribution in [0.3, 0.4) is 0 Å². The number of hydrogen-bond acceptors (Lipinski definition) is 2. The Morgan fingerprint density at radius 1 is 0.571 bits per heavy atom. The standard InChI is InChI=1S/C25H50O3/c1-3-5-7-9-11-12-13-14-16-18-20-22-24(26)23(25(27)28)21-19-17-15-10-8-6-4-2/h23-24,26H,3-22H2,1-2H3,(H,27,28)/t23-,24+/m0/s1. The predicted molar refractivity (Wildman–Crippen MR) is 121 cm³/mol. The van der Waals surface area contributed by atoms with E-state index in [1.54, 1.807) is 0 Å². The molecule has 0 heterocycles. The van der Waals surface area contributed by atoms with Crippen LogP contribution in [-0.2, 0) is 4.79 Å². The van der Waals surface area contributed by atoms with Crippen LogP contribution in [0.5, 0.6) is 0 Å².